The maximum absolute atomic E-state index is 12.3. The summed E-state index contributed by atoms with van der Waals surface area (Å²) < 4.78 is 31.8. The van der Waals surface area contributed by atoms with E-state index < -0.39 is 16.0 Å². The number of hydrogen-bond acceptors (Lipinski definition) is 6. The summed E-state index contributed by atoms with van der Waals surface area (Å²) in [6.07, 6.45) is 1.96. The van der Waals surface area contributed by atoms with Gasteiger partial charge in [0.1, 0.15) is 0 Å². The lowest BCUT2D eigenvalue weighted by Crippen LogP contribution is -2.30. The fourth-order valence-electron chi connectivity index (χ4n) is 1.72. The van der Waals surface area contributed by atoms with Crippen molar-refractivity contribution in [2.45, 2.75) is 11.8 Å². The molecule has 0 aliphatic heterocycles. The number of carbonyl (C=O) groups is 1. The molecule has 118 valence electrons. The number of nitrogen functional groups attached to an aromatic ring is 1. The third-order valence-corrected chi connectivity index (χ3v) is 5.16. The normalized spacial score (nSPS) is 12.9. The third kappa shape index (κ3) is 4.90. The molecule has 0 spiro atoms. The first-order valence-electron chi connectivity index (χ1n) is 6.28. The van der Waals surface area contributed by atoms with E-state index in [-0.39, 0.29) is 16.4 Å². The highest BCUT2D eigenvalue weighted by atomic mass is 32.2. The molecule has 0 amide bonds. The van der Waals surface area contributed by atoms with Gasteiger partial charge >= 0.3 is 5.97 Å². The van der Waals surface area contributed by atoms with E-state index in [0.717, 1.165) is 5.75 Å². The van der Waals surface area contributed by atoms with Crippen LogP contribution in [0.1, 0.15) is 17.3 Å². The lowest BCUT2D eigenvalue weighted by atomic mass is 10.2. The van der Waals surface area contributed by atoms with Gasteiger partial charge in [-0.3, -0.25) is 0 Å². The lowest BCUT2D eigenvalue weighted by Gasteiger charge is -2.14. The van der Waals surface area contributed by atoms with Gasteiger partial charge in [-0.2, -0.15) is 11.8 Å². The number of benzene rings is 1. The van der Waals surface area contributed by atoms with Crippen LogP contribution in [0, 0.1) is 5.92 Å². The molecule has 21 heavy (non-hydrogen) atoms. The average molecular weight is 332 g/mol. The number of sulfonamides is 1. The van der Waals surface area contributed by atoms with Gasteiger partial charge in [0.05, 0.1) is 17.6 Å². The van der Waals surface area contributed by atoms with E-state index in [2.05, 4.69) is 9.46 Å². The van der Waals surface area contributed by atoms with Crippen LogP contribution in [-0.4, -0.2) is 40.1 Å². The Kier molecular flexibility index (Phi) is 6.50. The van der Waals surface area contributed by atoms with E-state index >= 15 is 0 Å². The predicted molar refractivity (Wildman–Crippen MR) is 84.9 cm³/mol. The fourth-order valence-corrected chi connectivity index (χ4v) is 3.75. The smallest absolute Gasteiger partial charge is 0.339 e. The molecule has 1 unspecified atom stereocenters. The number of ether oxygens (including phenoxy) is 1. The Balaban J connectivity index is 3.05. The molecule has 0 saturated carbocycles. The summed E-state index contributed by atoms with van der Waals surface area (Å²) in [5.74, 6) is 0.290. The summed E-state index contributed by atoms with van der Waals surface area (Å²) in [6.45, 7) is 2.25. The van der Waals surface area contributed by atoms with Gasteiger partial charge in [0, 0.05) is 12.2 Å². The molecule has 0 heterocycles. The SMILES string of the molecule is COC(=O)c1cc(N)ccc1S(=O)(=O)NCC(C)CSC. The van der Waals surface area contributed by atoms with Gasteiger partial charge in [-0.05, 0) is 36.1 Å². The minimum atomic E-state index is -3.79. The second kappa shape index (κ2) is 7.67. The Morgan fingerprint density at radius 1 is 1.48 bits per heavy atom. The monoisotopic (exact) mass is 332 g/mol. The van der Waals surface area contributed by atoms with Crippen LogP contribution in [0.15, 0.2) is 23.1 Å². The van der Waals surface area contributed by atoms with Crippen molar-refractivity contribution in [1.82, 2.24) is 4.72 Å². The number of esters is 1. The minimum Gasteiger partial charge on any atom is -0.465 e. The Morgan fingerprint density at radius 3 is 2.71 bits per heavy atom. The van der Waals surface area contributed by atoms with Crippen molar-refractivity contribution in [3.05, 3.63) is 23.8 Å². The molecule has 1 aromatic rings. The van der Waals surface area contributed by atoms with Crippen molar-refractivity contribution >= 4 is 33.4 Å². The zero-order valence-corrected chi connectivity index (χ0v) is 13.9. The van der Waals surface area contributed by atoms with Crippen LogP contribution >= 0.6 is 11.8 Å². The van der Waals surface area contributed by atoms with Crippen molar-refractivity contribution in [2.75, 3.05) is 31.4 Å². The Hall–Kier alpha value is -1.25. The van der Waals surface area contributed by atoms with Crippen LogP contribution in [0.5, 0.6) is 0 Å². The van der Waals surface area contributed by atoms with E-state index in [0.29, 0.717) is 12.2 Å². The topological polar surface area (TPSA) is 98.5 Å². The molecule has 0 radical (unpaired) electrons. The highest BCUT2D eigenvalue weighted by molar-refractivity contribution is 7.98. The van der Waals surface area contributed by atoms with E-state index in [1.54, 1.807) is 11.8 Å². The summed E-state index contributed by atoms with van der Waals surface area (Å²) in [5.41, 5.74) is 5.83. The summed E-state index contributed by atoms with van der Waals surface area (Å²) in [6, 6.07) is 4.04. The minimum absolute atomic E-state index is 0.0671. The quantitative estimate of drug-likeness (QED) is 0.577. The number of carbonyl (C=O) groups excluding carboxylic acids is 1. The lowest BCUT2D eigenvalue weighted by molar-refractivity contribution is 0.0596. The van der Waals surface area contributed by atoms with Crippen LogP contribution in [0.2, 0.25) is 0 Å². The number of rotatable bonds is 7. The van der Waals surface area contributed by atoms with Gasteiger partial charge in [-0.15, -0.1) is 0 Å². The van der Waals surface area contributed by atoms with Gasteiger partial charge in [-0.25, -0.2) is 17.9 Å². The Labute approximate surface area is 129 Å². The summed E-state index contributed by atoms with van der Waals surface area (Å²) in [4.78, 5) is 11.6. The van der Waals surface area contributed by atoms with Crippen LogP contribution in [-0.2, 0) is 14.8 Å². The number of nitrogens with one attached hydrogen (secondary N) is 1. The molecule has 6 nitrogen and oxygen atoms in total. The molecule has 0 aromatic heterocycles. The summed E-state index contributed by atoms with van der Waals surface area (Å²) in [5, 5.41) is 0. The average Bonchev–Trinajstić information content (AvgIpc) is 2.44. The first kappa shape index (κ1) is 17.8. The number of nitrogens with two attached hydrogens (primary N) is 1. The fraction of sp³-hybridized carbons (Fsp3) is 0.462. The van der Waals surface area contributed by atoms with E-state index in [1.165, 1.54) is 25.3 Å². The van der Waals surface area contributed by atoms with E-state index in [9.17, 15) is 13.2 Å². The van der Waals surface area contributed by atoms with Gasteiger partial charge in [0.2, 0.25) is 10.0 Å². The second-order valence-corrected chi connectivity index (χ2v) is 7.31. The highest BCUT2D eigenvalue weighted by Crippen LogP contribution is 2.20. The number of thioether (sulfide) groups is 1. The van der Waals surface area contributed by atoms with Crippen molar-refractivity contribution in [3.63, 3.8) is 0 Å². The second-order valence-electron chi connectivity index (χ2n) is 4.66. The zero-order valence-electron chi connectivity index (χ0n) is 12.3. The third-order valence-electron chi connectivity index (χ3n) is 2.77. The van der Waals surface area contributed by atoms with Crippen LogP contribution < -0.4 is 10.5 Å². The maximum atomic E-state index is 12.3. The summed E-state index contributed by atoms with van der Waals surface area (Å²) in [7, 11) is -2.60. The molecule has 3 N–H and O–H groups in total. The predicted octanol–water partition coefficient (Wildman–Crippen LogP) is 1.33. The number of anilines is 1. The zero-order chi connectivity index (χ0) is 16.0. The van der Waals surface area contributed by atoms with Crippen molar-refractivity contribution in [1.29, 1.82) is 0 Å². The molecule has 0 bridgehead atoms. The number of methoxy groups -OCH3 is 1. The van der Waals surface area contributed by atoms with Crippen molar-refractivity contribution < 1.29 is 17.9 Å². The van der Waals surface area contributed by atoms with Gasteiger partial charge in [-0.1, -0.05) is 6.92 Å². The summed E-state index contributed by atoms with van der Waals surface area (Å²) >= 11 is 1.64. The molecule has 0 aliphatic carbocycles. The molecule has 1 rings (SSSR count). The van der Waals surface area contributed by atoms with Crippen LogP contribution in [0.25, 0.3) is 0 Å². The van der Waals surface area contributed by atoms with E-state index in [1.807, 2.05) is 13.2 Å². The Bertz CT molecular complexity index is 602. The van der Waals surface area contributed by atoms with E-state index in [4.69, 9.17) is 5.73 Å². The highest BCUT2D eigenvalue weighted by Gasteiger charge is 2.23. The maximum Gasteiger partial charge on any atom is 0.339 e. The Morgan fingerprint density at radius 2 is 2.14 bits per heavy atom. The standard InChI is InChI=1S/C13H20N2O4S2/c1-9(8-20-3)7-15-21(17,18)12-5-4-10(14)6-11(12)13(16)19-2/h4-6,9,15H,7-8,14H2,1-3H3. The number of hydrogen-bond donors (Lipinski definition) is 2. The molecule has 0 aliphatic rings. The molecule has 1 atom stereocenters. The first-order chi connectivity index (χ1) is 9.81. The van der Waals surface area contributed by atoms with Crippen molar-refractivity contribution in [3.8, 4) is 0 Å². The largest absolute Gasteiger partial charge is 0.465 e. The molecule has 0 fully saturated rings. The van der Waals surface area contributed by atoms with Gasteiger partial charge in [0.15, 0.2) is 0 Å². The molecular formula is C13H20N2O4S2. The van der Waals surface area contributed by atoms with Crippen molar-refractivity contribution in [2.24, 2.45) is 5.92 Å². The molecule has 1 aromatic carbocycles. The molecule has 0 saturated heterocycles. The van der Waals surface area contributed by atoms with Gasteiger partial charge in [0.25, 0.3) is 0 Å². The molecular weight excluding hydrogens is 312 g/mol. The van der Waals surface area contributed by atoms with Crippen LogP contribution in [0.4, 0.5) is 5.69 Å². The molecule has 8 heteroatoms. The van der Waals surface area contributed by atoms with Crippen LogP contribution in [0.3, 0.4) is 0 Å². The first-order valence-corrected chi connectivity index (χ1v) is 9.16. The van der Waals surface area contributed by atoms with Gasteiger partial charge < -0.3 is 10.5 Å².